The fraction of sp³-hybridized carbons (Fsp3) is 1.00. The maximum atomic E-state index is 9.58. The first-order chi connectivity index (χ1) is 8.28. The Morgan fingerprint density at radius 3 is 2.41 bits per heavy atom. The zero-order valence-corrected chi connectivity index (χ0v) is 11.2. The first-order valence-corrected chi connectivity index (χ1v) is 7.34. The standard InChI is InChI=1S/C14H28N2O/c1-2-16-9-5-13(6-10-16)15-11-14(12-17)7-3-4-8-14/h13,15,17H,2-12H2,1H3. The molecule has 0 aromatic heterocycles. The van der Waals surface area contributed by atoms with Gasteiger partial charge in [-0.25, -0.2) is 0 Å². The van der Waals surface area contributed by atoms with E-state index in [1.807, 2.05) is 0 Å². The van der Waals surface area contributed by atoms with Crippen molar-refractivity contribution in [2.45, 2.75) is 51.5 Å². The molecule has 100 valence electrons. The Hall–Kier alpha value is -0.120. The Kier molecular flexibility index (Phi) is 4.83. The summed E-state index contributed by atoms with van der Waals surface area (Å²) in [5.74, 6) is 0. The molecule has 3 heteroatoms. The van der Waals surface area contributed by atoms with Gasteiger partial charge in [0.25, 0.3) is 0 Å². The predicted molar refractivity (Wildman–Crippen MR) is 71.1 cm³/mol. The van der Waals surface area contributed by atoms with Gasteiger partial charge in [-0.2, -0.15) is 0 Å². The minimum atomic E-state index is 0.210. The van der Waals surface area contributed by atoms with Gasteiger partial charge in [0.2, 0.25) is 0 Å². The van der Waals surface area contributed by atoms with Crippen LogP contribution < -0.4 is 5.32 Å². The molecule has 1 aliphatic carbocycles. The van der Waals surface area contributed by atoms with Crippen molar-refractivity contribution in [2.24, 2.45) is 5.41 Å². The molecule has 0 bridgehead atoms. The van der Waals surface area contributed by atoms with Crippen LogP contribution in [-0.4, -0.2) is 48.8 Å². The van der Waals surface area contributed by atoms with Crippen LogP contribution in [0.5, 0.6) is 0 Å². The van der Waals surface area contributed by atoms with E-state index in [0.717, 1.165) is 6.54 Å². The Morgan fingerprint density at radius 2 is 1.88 bits per heavy atom. The number of hydrogen-bond acceptors (Lipinski definition) is 3. The molecule has 0 amide bonds. The molecular weight excluding hydrogens is 212 g/mol. The van der Waals surface area contributed by atoms with Gasteiger partial charge in [0.1, 0.15) is 0 Å². The van der Waals surface area contributed by atoms with Gasteiger partial charge in [-0.1, -0.05) is 19.8 Å². The third-order valence-electron chi connectivity index (χ3n) is 4.80. The highest BCUT2D eigenvalue weighted by atomic mass is 16.3. The van der Waals surface area contributed by atoms with Crippen LogP contribution in [0.3, 0.4) is 0 Å². The maximum Gasteiger partial charge on any atom is 0.0499 e. The first-order valence-electron chi connectivity index (χ1n) is 7.34. The Labute approximate surface area is 106 Å². The highest BCUT2D eigenvalue weighted by Gasteiger charge is 2.33. The minimum absolute atomic E-state index is 0.210. The van der Waals surface area contributed by atoms with Crippen LogP contribution in [0.4, 0.5) is 0 Å². The van der Waals surface area contributed by atoms with Crippen molar-refractivity contribution in [1.82, 2.24) is 10.2 Å². The van der Waals surface area contributed by atoms with Crippen molar-refractivity contribution < 1.29 is 5.11 Å². The molecule has 1 aliphatic heterocycles. The summed E-state index contributed by atoms with van der Waals surface area (Å²) >= 11 is 0. The van der Waals surface area contributed by atoms with Crippen molar-refractivity contribution in [3.05, 3.63) is 0 Å². The topological polar surface area (TPSA) is 35.5 Å². The van der Waals surface area contributed by atoms with Gasteiger partial charge >= 0.3 is 0 Å². The number of aliphatic hydroxyl groups is 1. The molecule has 17 heavy (non-hydrogen) atoms. The smallest absolute Gasteiger partial charge is 0.0499 e. The van der Waals surface area contributed by atoms with E-state index in [9.17, 15) is 5.11 Å². The average molecular weight is 240 g/mol. The molecule has 1 heterocycles. The summed E-state index contributed by atoms with van der Waals surface area (Å²) in [5, 5.41) is 13.3. The molecule has 0 aromatic rings. The predicted octanol–water partition coefficient (Wildman–Crippen LogP) is 1.61. The maximum absolute atomic E-state index is 9.58. The lowest BCUT2D eigenvalue weighted by Gasteiger charge is -2.34. The lowest BCUT2D eigenvalue weighted by Crippen LogP contribution is -2.46. The quantitative estimate of drug-likeness (QED) is 0.766. The van der Waals surface area contributed by atoms with E-state index in [1.165, 1.54) is 58.2 Å². The van der Waals surface area contributed by atoms with E-state index in [1.54, 1.807) is 0 Å². The lowest BCUT2D eigenvalue weighted by molar-refractivity contribution is 0.117. The number of likely N-dealkylation sites (tertiary alicyclic amines) is 1. The normalized spacial score (nSPS) is 26.5. The number of rotatable bonds is 5. The van der Waals surface area contributed by atoms with Crippen molar-refractivity contribution in [3.63, 3.8) is 0 Å². The number of nitrogens with one attached hydrogen (secondary N) is 1. The van der Waals surface area contributed by atoms with Crippen LogP contribution in [0, 0.1) is 5.41 Å². The monoisotopic (exact) mass is 240 g/mol. The third kappa shape index (κ3) is 3.43. The van der Waals surface area contributed by atoms with Gasteiger partial charge in [-0.05, 0) is 45.3 Å². The first kappa shape index (κ1) is 13.3. The summed E-state index contributed by atoms with van der Waals surface area (Å²) in [7, 11) is 0. The molecule has 1 saturated heterocycles. The second-order valence-corrected chi connectivity index (χ2v) is 5.95. The average Bonchev–Trinajstić information content (AvgIpc) is 2.86. The van der Waals surface area contributed by atoms with E-state index >= 15 is 0 Å². The Morgan fingerprint density at radius 1 is 1.24 bits per heavy atom. The summed E-state index contributed by atoms with van der Waals surface area (Å²) in [5.41, 5.74) is 0.210. The molecule has 2 fully saturated rings. The number of nitrogens with zero attached hydrogens (tertiary/aromatic N) is 1. The Balaban J connectivity index is 1.71. The highest BCUT2D eigenvalue weighted by Crippen LogP contribution is 2.37. The van der Waals surface area contributed by atoms with Crippen molar-refractivity contribution in [2.75, 3.05) is 32.8 Å². The summed E-state index contributed by atoms with van der Waals surface area (Å²) < 4.78 is 0. The van der Waals surface area contributed by atoms with Crippen LogP contribution in [-0.2, 0) is 0 Å². The van der Waals surface area contributed by atoms with Crippen molar-refractivity contribution >= 4 is 0 Å². The fourth-order valence-corrected chi connectivity index (χ4v) is 3.33. The highest BCUT2D eigenvalue weighted by molar-refractivity contribution is 4.88. The van der Waals surface area contributed by atoms with Crippen LogP contribution in [0.25, 0.3) is 0 Å². The molecule has 2 rings (SSSR count). The van der Waals surface area contributed by atoms with E-state index in [-0.39, 0.29) is 5.41 Å². The summed E-state index contributed by atoms with van der Waals surface area (Å²) in [6.07, 6.45) is 7.58. The zero-order chi connectivity index (χ0) is 12.1. The zero-order valence-electron chi connectivity index (χ0n) is 11.2. The summed E-state index contributed by atoms with van der Waals surface area (Å²) in [4.78, 5) is 2.52. The number of hydrogen-bond donors (Lipinski definition) is 2. The Bertz CT molecular complexity index is 218. The van der Waals surface area contributed by atoms with E-state index in [2.05, 4.69) is 17.1 Å². The molecule has 2 N–H and O–H groups in total. The van der Waals surface area contributed by atoms with Crippen LogP contribution in [0.2, 0.25) is 0 Å². The SMILES string of the molecule is CCN1CCC(NCC2(CO)CCCC2)CC1. The molecule has 0 atom stereocenters. The summed E-state index contributed by atoms with van der Waals surface area (Å²) in [6, 6.07) is 0.682. The van der Waals surface area contributed by atoms with Gasteiger partial charge in [0.15, 0.2) is 0 Å². The largest absolute Gasteiger partial charge is 0.396 e. The molecular formula is C14H28N2O. The second kappa shape index (κ2) is 6.17. The van der Waals surface area contributed by atoms with Gasteiger partial charge in [0, 0.05) is 24.6 Å². The second-order valence-electron chi connectivity index (χ2n) is 5.95. The van der Waals surface area contributed by atoms with E-state index in [4.69, 9.17) is 0 Å². The van der Waals surface area contributed by atoms with Crippen molar-refractivity contribution in [1.29, 1.82) is 0 Å². The minimum Gasteiger partial charge on any atom is -0.396 e. The molecule has 0 aromatic carbocycles. The van der Waals surface area contributed by atoms with Crippen LogP contribution >= 0.6 is 0 Å². The van der Waals surface area contributed by atoms with Crippen LogP contribution in [0.15, 0.2) is 0 Å². The number of piperidine rings is 1. The fourth-order valence-electron chi connectivity index (χ4n) is 3.33. The van der Waals surface area contributed by atoms with Gasteiger partial charge in [0.05, 0.1) is 0 Å². The summed E-state index contributed by atoms with van der Waals surface area (Å²) in [6.45, 7) is 7.30. The molecule has 0 radical (unpaired) electrons. The molecule has 1 saturated carbocycles. The molecule has 2 aliphatic rings. The van der Waals surface area contributed by atoms with Gasteiger partial charge < -0.3 is 15.3 Å². The van der Waals surface area contributed by atoms with Crippen molar-refractivity contribution in [3.8, 4) is 0 Å². The van der Waals surface area contributed by atoms with Gasteiger partial charge in [-0.15, -0.1) is 0 Å². The van der Waals surface area contributed by atoms with E-state index in [0.29, 0.717) is 12.6 Å². The molecule has 0 unspecified atom stereocenters. The number of aliphatic hydroxyl groups excluding tert-OH is 1. The lowest BCUT2D eigenvalue weighted by atomic mass is 9.86. The van der Waals surface area contributed by atoms with Gasteiger partial charge in [-0.3, -0.25) is 0 Å². The van der Waals surface area contributed by atoms with Crippen LogP contribution in [0.1, 0.15) is 45.4 Å². The molecule has 3 nitrogen and oxygen atoms in total. The van der Waals surface area contributed by atoms with E-state index < -0.39 is 0 Å². The molecule has 0 spiro atoms. The third-order valence-corrected chi connectivity index (χ3v) is 4.80.